The Morgan fingerprint density at radius 2 is 2.07 bits per heavy atom. The first-order chi connectivity index (χ1) is 7.29. The summed E-state index contributed by atoms with van der Waals surface area (Å²) in [5.74, 6) is 1.02. The monoisotopic (exact) mass is 229 g/mol. The highest BCUT2D eigenvalue weighted by Gasteiger charge is 2.38. The average Bonchev–Trinajstić information content (AvgIpc) is 2.24. The van der Waals surface area contributed by atoms with Crippen LogP contribution < -0.4 is 0 Å². The maximum Gasteiger partial charge on any atom is 0.0586 e. The van der Waals surface area contributed by atoms with E-state index in [4.69, 9.17) is 0 Å². The third-order valence-electron chi connectivity index (χ3n) is 4.25. The number of hydrogen-bond acceptors (Lipinski definition) is 3. The van der Waals surface area contributed by atoms with Crippen molar-refractivity contribution in [2.24, 2.45) is 5.41 Å². The fraction of sp³-hybridized carbons (Fsp3) is 1.00. The lowest BCUT2D eigenvalue weighted by molar-refractivity contribution is 0.0242. The van der Waals surface area contributed by atoms with Crippen LogP contribution in [0.25, 0.3) is 0 Å². The van der Waals surface area contributed by atoms with Crippen LogP contribution >= 0.6 is 12.6 Å². The van der Waals surface area contributed by atoms with Gasteiger partial charge in [0.05, 0.1) is 6.61 Å². The summed E-state index contributed by atoms with van der Waals surface area (Å²) in [6, 6.07) is 0.427. The maximum absolute atomic E-state index is 9.36. The quantitative estimate of drug-likeness (QED) is 0.720. The molecular formula is C12H23NOS. The number of rotatable bonds is 4. The number of nitrogens with zero attached hydrogens (tertiary/aromatic N) is 1. The van der Waals surface area contributed by atoms with Crippen LogP contribution in [0.5, 0.6) is 0 Å². The van der Waals surface area contributed by atoms with Crippen molar-refractivity contribution in [1.29, 1.82) is 0 Å². The van der Waals surface area contributed by atoms with Gasteiger partial charge in [0.25, 0.3) is 0 Å². The van der Waals surface area contributed by atoms with E-state index in [0.29, 0.717) is 18.1 Å². The number of likely N-dealkylation sites (tertiary alicyclic amines) is 1. The molecule has 2 fully saturated rings. The molecule has 0 aromatic heterocycles. The highest BCUT2D eigenvalue weighted by molar-refractivity contribution is 7.80. The molecule has 1 aliphatic carbocycles. The molecule has 1 heterocycles. The van der Waals surface area contributed by atoms with Crippen molar-refractivity contribution < 1.29 is 5.11 Å². The zero-order valence-corrected chi connectivity index (χ0v) is 10.4. The number of thiol groups is 1. The van der Waals surface area contributed by atoms with Crippen molar-refractivity contribution in [2.75, 3.05) is 25.4 Å². The Morgan fingerprint density at radius 3 is 2.60 bits per heavy atom. The Hall–Kier alpha value is 0.270. The fourth-order valence-electron chi connectivity index (χ4n) is 2.95. The van der Waals surface area contributed by atoms with Gasteiger partial charge < -0.3 is 5.11 Å². The average molecular weight is 229 g/mol. The summed E-state index contributed by atoms with van der Waals surface area (Å²) in [6.07, 6.45) is 7.82. The second-order valence-electron chi connectivity index (χ2n) is 5.31. The van der Waals surface area contributed by atoms with Crippen molar-refractivity contribution >= 4 is 12.6 Å². The molecule has 88 valence electrons. The molecule has 1 unspecified atom stereocenters. The van der Waals surface area contributed by atoms with Crippen LogP contribution in [0.4, 0.5) is 0 Å². The van der Waals surface area contributed by atoms with Crippen LogP contribution in [-0.4, -0.2) is 41.5 Å². The smallest absolute Gasteiger partial charge is 0.0586 e. The molecule has 1 aliphatic heterocycles. The number of aliphatic hydroxyl groups is 1. The van der Waals surface area contributed by atoms with Gasteiger partial charge in [-0.1, -0.05) is 12.8 Å². The molecular weight excluding hydrogens is 206 g/mol. The van der Waals surface area contributed by atoms with E-state index in [2.05, 4.69) is 17.5 Å². The first kappa shape index (κ1) is 11.7. The van der Waals surface area contributed by atoms with E-state index in [0.717, 1.165) is 5.75 Å². The first-order valence-corrected chi connectivity index (χ1v) is 6.89. The first-order valence-electron chi connectivity index (χ1n) is 6.25. The molecule has 0 spiro atoms. The Balaban J connectivity index is 1.90. The largest absolute Gasteiger partial charge is 0.395 e. The second kappa shape index (κ2) is 5.07. The van der Waals surface area contributed by atoms with E-state index in [-0.39, 0.29) is 0 Å². The van der Waals surface area contributed by atoms with Crippen LogP contribution in [0.15, 0.2) is 0 Å². The Kier molecular flexibility index (Phi) is 3.97. The van der Waals surface area contributed by atoms with Gasteiger partial charge in [-0.2, -0.15) is 12.6 Å². The summed E-state index contributed by atoms with van der Waals surface area (Å²) in [5.41, 5.74) is 0.480. The Labute approximate surface area is 98.5 Å². The minimum Gasteiger partial charge on any atom is -0.395 e. The van der Waals surface area contributed by atoms with Crippen molar-refractivity contribution in [3.05, 3.63) is 0 Å². The van der Waals surface area contributed by atoms with Crippen LogP contribution in [0.1, 0.15) is 38.5 Å². The van der Waals surface area contributed by atoms with E-state index in [1.165, 1.54) is 51.6 Å². The van der Waals surface area contributed by atoms with E-state index >= 15 is 0 Å². The second-order valence-corrected chi connectivity index (χ2v) is 5.63. The third kappa shape index (κ3) is 2.51. The van der Waals surface area contributed by atoms with Gasteiger partial charge in [0.2, 0.25) is 0 Å². The van der Waals surface area contributed by atoms with Crippen LogP contribution in [-0.2, 0) is 0 Å². The van der Waals surface area contributed by atoms with Crippen LogP contribution in [0.2, 0.25) is 0 Å². The minimum atomic E-state index is 0.336. The van der Waals surface area contributed by atoms with Gasteiger partial charge in [-0.25, -0.2) is 0 Å². The third-order valence-corrected chi connectivity index (χ3v) is 4.92. The van der Waals surface area contributed by atoms with Crippen molar-refractivity contribution in [3.63, 3.8) is 0 Å². The van der Waals surface area contributed by atoms with Crippen LogP contribution in [0, 0.1) is 5.41 Å². The van der Waals surface area contributed by atoms with Gasteiger partial charge in [0, 0.05) is 12.6 Å². The predicted octanol–water partition coefficient (Wildman–Crippen LogP) is 1.93. The van der Waals surface area contributed by atoms with E-state index in [1.807, 2.05) is 0 Å². The summed E-state index contributed by atoms with van der Waals surface area (Å²) in [7, 11) is 0. The van der Waals surface area contributed by atoms with E-state index in [9.17, 15) is 5.11 Å². The number of aliphatic hydroxyl groups excluding tert-OH is 1. The minimum absolute atomic E-state index is 0.336. The Morgan fingerprint density at radius 1 is 1.27 bits per heavy atom. The fourth-order valence-corrected chi connectivity index (χ4v) is 3.36. The molecule has 2 rings (SSSR count). The molecule has 1 saturated carbocycles. The summed E-state index contributed by atoms with van der Waals surface area (Å²) in [6.45, 7) is 2.69. The molecule has 0 bridgehead atoms. The molecule has 0 aromatic rings. The molecule has 0 radical (unpaired) electrons. The predicted molar refractivity (Wildman–Crippen MR) is 66.4 cm³/mol. The van der Waals surface area contributed by atoms with Gasteiger partial charge >= 0.3 is 0 Å². The normalized spacial score (nSPS) is 31.2. The molecule has 1 N–H and O–H groups in total. The zero-order valence-electron chi connectivity index (χ0n) is 9.49. The zero-order chi connectivity index (χ0) is 10.7. The standard InChI is InChI=1S/C12H23NOS/c14-8-11-4-1-2-7-13(11)9-12(10-15)5-3-6-12/h11,14-15H,1-10H2. The molecule has 0 aromatic carbocycles. The van der Waals surface area contributed by atoms with Crippen LogP contribution in [0.3, 0.4) is 0 Å². The van der Waals surface area contributed by atoms with Gasteiger partial charge in [-0.15, -0.1) is 0 Å². The number of piperidine rings is 1. The lowest BCUT2D eigenvalue weighted by Gasteiger charge is -2.47. The summed E-state index contributed by atoms with van der Waals surface area (Å²) >= 11 is 4.50. The van der Waals surface area contributed by atoms with Crippen molar-refractivity contribution in [2.45, 2.75) is 44.6 Å². The van der Waals surface area contributed by atoms with Crippen molar-refractivity contribution in [1.82, 2.24) is 4.90 Å². The molecule has 0 amide bonds. The number of hydrogen-bond donors (Lipinski definition) is 2. The van der Waals surface area contributed by atoms with E-state index in [1.54, 1.807) is 0 Å². The SMILES string of the molecule is OCC1CCCCN1CC1(CS)CCC1. The lowest BCUT2D eigenvalue weighted by Crippen LogP contribution is -2.50. The Bertz CT molecular complexity index is 200. The highest BCUT2D eigenvalue weighted by Crippen LogP contribution is 2.43. The molecule has 2 aliphatic rings. The summed E-state index contributed by atoms with van der Waals surface area (Å²) in [5, 5.41) is 9.36. The summed E-state index contributed by atoms with van der Waals surface area (Å²) < 4.78 is 0. The van der Waals surface area contributed by atoms with Gasteiger partial charge in [0.15, 0.2) is 0 Å². The van der Waals surface area contributed by atoms with Gasteiger partial charge in [-0.05, 0) is 43.4 Å². The molecule has 2 nitrogen and oxygen atoms in total. The van der Waals surface area contributed by atoms with Crippen molar-refractivity contribution in [3.8, 4) is 0 Å². The summed E-state index contributed by atoms with van der Waals surface area (Å²) in [4.78, 5) is 2.51. The highest BCUT2D eigenvalue weighted by atomic mass is 32.1. The van der Waals surface area contributed by atoms with Gasteiger partial charge in [-0.3, -0.25) is 4.90 Å². The maximum atomic E-state index is 9.36. The van der Waals surface area contributed by atoms with Gasteiger partial charge in [0.1, 0.15) is 0 Å². The van der Waals surface area contributed by atoms with E-state index < -0.39 is 0 Å². The molecule has 15 heavy (non-hydrogen) atoms. The molecule has 1 atom stereocenters. The molecule has 3 heteroatoms. The topological polar surface area (TPSA) is 23.5 Å². The lowest BCUT2D eigenvalue weighted by atomic mass is 9.69. The molecule has 1 saturated heterocycles.